The molecule has 1 aliphatic rings. The lowest BCUT2D eigenvalue weighted by molar-refractivity contribution is -0.144. The number of aromatic nitrogens is 4. The summed E-state index contributed by atoms with van der Waals surface area (Å²) in [7, 11) is 0. The lowest BCUT2D eigenvalue weighted by Crippen LogP contribution is -2.40. The number of nitrogens with zero attached hydrogens (tertiary/aromatic N) is 5. The zero-order valence-electron chi connectivity index (χ0n) is 12.9. The van der Waals surface area contributed by atoms with Gasteiger partial charge in [0.25, 0.3) is 11.6 Å². The Morgan fingerprint density at radius 1 is 1.35 bits per heavy atom. The molecule has 6 nitrogen and oxygen atoms in total. The molecule has 1 saturated heterocycles. The summed E-state index contributed by atoms with van der Waals surface area (Å²) in [5.41, 5.74) is 0.577. The van der Waals surface area contributed by atoms with E-state index in [-0.39, 0.29) is 11.7 Å². The molecule has 23 heavy (non-hydrogen) atoms. The quantitative estimate of drug-likeness (QED) is 0.913. The van der Waals surface area contributed by atoms with Crippen molar-refractivity contribution in [2.24, 2.45) is 5.92 Å². The molecule has 1 fully saturated rings. The first-order valence-electron chi connectivity index (χ1n) is 7.50. The van der Waals surface area contributed by atoms with E-state index in [0.29, 0.717) is 24.6 Å². The van der Waals surface area contributed by atoms with Crippen LogP contribution in [0.2, 0.25) is 0 Å². The van der Waals surface area contributed by atoms with E-state index in [1.54, 1.807) is 19.9 Å². The number of hydrogen-bond acceptors (Lipinski definition) is 5. The zero-order valence-corrected chi connectivity index (χ0v) is 12.9. The van der Waals surface area contributed by atoms with Crippen LogP contribution in [0.3, 0.4) is 0 Å². The van der Waals surface area contributed by atoms with Crippen LogP contribution in [-0.4, -0.2) is 43.9 Å². The number of anilines is 1. The Balaban J connectivity index is 2.04. The fourth-order valence-electron chi connectivity index (χ4n) is 2.93. The summed E-state index contributed by atoms with van der Waals surface area (Å²) in [5.74, 6) is -0.647. The predicted octanol–water partition coefficient (Wildman–Crippen LogP) is 2.05. The third-order valence-electron chi connectivity index (χ3n) is 4.14. The molecule has 2 atom stereocenters. The van der Waals surface area contributed by atoms with E-state index in [1.165, 1.54) is 0 Å². The van der Waals surface area contributed by atoms with Gasteiger partial charge in [-0.2, -0.15) is 22.7 Å². The van der Waals surface area contributed by atoms with Gasteiger partial charge in [-0.3, -0.25) is 0 Å². The fourth-order valence-corrected chi connectivity index (χ4v) is 2.93. The number of hydrogen-bond donors (Lipinski definition) is 1. The lowest BCUT2D eigenvalue weighted by Gasteiger charge is -2.35. The first-order chi connectivity index (χ1) is 10.8. The number of piperidine rings is 1. The topological polar surface area (TPSA) is 66.5 Å². The third-order valence-corrected chi connectivity index (χ3v) is 4.14. The van der Waals surface area contributed by atoms with Crippen molar-refractivity contribution in [3.05, 3.63) is 17.6 Å². The predicted molar refractivity (Wildman–Crippen MR) is 77.1 cm³/mol. The third kappa shape index (κ3) is 3.10. The smallest absolute Gasteiger partial charge is 0.393 e. The SMILES string of the molecule is Cc1cc(N2CCCC(C(C)O)C2)n2nc(C(F)(F)F)nc2n1. The van der Waals surface area contributed by atoms with E-state index in [9.17, 15) is 18.3 Å². The molecule has 126 valence electrons. The maximum atomic E-state index is 12.9. The van der Waals surface area contributed by atoms with Gasteiger partial charge >= 0.3 is 6.18 Å². The van der Waals surface area contributed by atoms with Crippen LogP contribution in [0.1, 0.15) is 31.3 Å². The molecule has 1 aliphatic heterocycles. The largest absolute Gasteiger partial charge is 0.453 e. The number of aliphatic hydroxyl groups excluding tert-OH is 1. The molecule has 0 spiro atoms. The Labute approximate surface area is 131 Å². The first kappa shape index (κ1) is 16.0. The van der Waals surface area contributed by atoms with E-state index in [1.807, 2.05) is 4.90 Å². The molecule has 1 N–H and O–H groups in total. The summed E-state index contributed by atoms with van der Waals surface area (Å²) in [6.45, 7) is 4.71. The van der Waals surface area contributed by atoms with E-state index in [2.05, 4.69) is 15.1 Å². The Kier molecular flexibility index (Phi) is 3.91. The molecular formula is C14H18F3N5O. The van der Waals surface area contributed by atoms with Crippen LogP contribution in [0.5, 0.6) is 0 Å². The second-order valence-corrected chi connectivity index (χ2v) is 5.99. The molecule has 0 aromatic carbocycles. The van der Waals surface area contributed by atoms with Gasteiger partial charge in [-0.05, 0) is 26.7 Å². The van der Waals surface area contributed by atoms with Gasteiger partial charge in [-0.25, -0.2) is 4.98 Å². The molecule has 0 bridgehead atoms. The Bertz CT molecular complexity index is 712. The fraction of sp³-hybridized carbons (Fsp3) is 0.643. The minimum atomic E-state index is -4.61. The Hall–Kier alpha value is -1.90. The van der Waals surface area contributed by atoms with Crippen LogP contribution in [0.4, 0.5) is 19.0 Å². The summed E-state index contributed by atoms with van der Waals surface area (Å²) in [6.07, 6.45) is -3.31. The number of halogens is 3. The van der Waals surface area contributed by atoms with Gasteiger partial charge in [0.15, 0.2) is 0 Å². The highest BCUT2D eigenvalue weighted by molar-refractivity contribution is 5.48. The summed E-state index contributed by atoms with van der Waals surface area (Å²) in [5, 5.41) is 13.4. The Morgan fingerprint density at radius 2 is 2.09 bits per heavy atom. The summed E-state index contributed by atoms with van der Waals surface area (Å²) < 4.78 is 39.7. The normalized spacial score (nSPS) is 21.0. The van der Waals surface area contributed by atoms with Crippen molar-refractivity contribution in [2.45, 2.75) is 39.0 Å². The number of fused-ring (bicyclic) bond motifs is 1. The summed E-state index contributed by atoms with van der Waals surface area (Å²) >= 11 is 0. The zero-order chi connectivity index (χ0) is 16.8. The summed E-state index contributed by atoms with van der Waals surface area (Å²) in [4.78, 5) is 9.47. The number of aliphatic hydroxyl groups is 1. The van der Waals surface area contributed by atoms with Crippen LogP contribution in [-0.2, 0) is 6.18 Å². The van der Waals surface area contributed by atoms with E-state index in [0.717, 1.165) is 17.4 Å². The molecule has 0 saturated carbocycles. The van der Waals surface area contributed by atoms with Gasteiger partial charge in [0.1, 0.15) is 5.82 Å². The van der Waals surface area contributed by atoms with Crippen LogP contribution in [0.15, 0.2) is 6.07 Å². The highest BCUT2D eigenvalue weighted by atomic mass is 19.4. The van der Waals surface area contributed by atoms with Gasteiger partial charge in [0.2, 0.25) is 0 Å². The summed E-state index contributed by atoms with van der Waals surface area (Å²) in [6, 6.07) is 1.70. The van der Waals surface area contributed by atoms with Crippen LogP contribution in [0, 0.1) is 12.8 Å². The van der Waals surface area contributed by atoms with E-state index < -0.39 is 18.1 Å². The van der Waals surface area contributed by atoms with Crippen LogP contribution in [0.25, 0.3) is 5.78 Å². The molecular weight excluding hydrogens is 311 g/mol. The molecule has 0 radical (unpaired) electrons. The standard InChI is InChI=1S/C14H18F3N5O/c1-8-6-11(21-5-3-4-10(7-21)9(2)23)22-13(18-8)19-12(20-22)14(15,16)17/h6,9-10,23H,3-5,7H2,1-2H3. The first-order valence-corrected chi connectivity index (χ1v) is 7.50. The molecule has 3 heterocycles. The molecule has 0 amide bonds. The number of rotatable bonds is 2. The molecule has 0 aliphatic carbocycles. The van der Waals surface area contributed by atoms with Crippen molar-refractivity contribution in [2.75, 3.05) is 18.0 Å². The minimum absolute atomic E-state index is 0.0634. The molecule has 2 aromatic rings. The molecule has 9 heteroatoms. The van der Waals surface area contributed by atoms with Crippen molar-refractivity contribution in [1.29, 1.82) is 0 Å². The van der Waals surface area contributed by atoms with Gasteiger partial charge in [-0.15, -0.1) is 5.10 Å². The van der Waals surface area contributed by atoms with Crippen molar-refractivity contribution >= 4 is 11.6 Å². The van der Waals surface area contributed by atoms with Gasteiger partial charge in [0.05, 0.1) is 6.10 Å². The van der Waals surface area contributed by atoms with E-state index >= 15 is 0 Å². The van der Waals surface area contributed by atoms with Gasteiger partial charge < -0.3 is 10.0 Å². The second-order valence-electron chi connectivity index (χ2n) is 5.99. The highest BCUT2D eigenvalue weighted by Gasteiger charge is 2.37. The Morgan fingerprint density at radius 3 is 2.74 bits per heavy atom. The maximum absolute atomic E-state index is 12.9. The van der Waals surface area contributed by atoms with Crippen molar-refractivity contribution in [1.82, 2.24) is 19.6 Å². The second kappa shape index (κ2) is 5.63. The average molecular weight is 329 g/mol. The monoisotopic (exact) mass is 329 g/mol. The maximum Gasteiger partial charge on any atom is 0.453 e. The average Bonchev–Trinajstić information content (AvgIpc) is 2.90. The number of alkyl halides is 3. The van der Waals surface area contributed by atoms with Gasteiger partial charge in [0, 0.05) is 30.8 Å². The number of aryl methyl sites for hydroxylation is 1. The van der Waals surface area contributed by atoms with Crippen LogP contribution >= 0.6 is 0 Å². The van der Waals surface area contributed by atoms with E-state index in [4.69, 9.17) is 0 Å². The molecule has 2 aromatic heterocycles. The van der Waals surface area contributed by atoms with Gasteiger partial charge in [-0.1, -0.05) is 0 Å². The van der Waals surface area contributed by atoms with Crippen LogP contribution < -0.4 is 4.90 Å². The van der Waals surface area contributed by atoms with Crippen molar-refractivity contribution < 1.29 is 18.3 Å². The highest BCUT2D eigenvalue weighted by Crippen LogP contribution is 2.29. The van der Waals surface area contributed by atoms with Crippen molar-refractivity contribution in [3.8, 4) is 0 Å². The van der Waals surface area contributed by atoms with Crippen molar-refractivity contribution in [3.63, 3.8) is 0 Å². The minimum Gasteiger partial charge on any atom is -0.393 e. The molecule has 3 rings (SSSR count). The molecule has 2 unspecified atom stereocenters. The lowest BCUT2D eigenvalue weighted by atomic mass is 9.93.